The van der Waals surface area contributed by atoms with Crippen molar-refractivity contribution in [2.45, 2.75) is 309 Å². The van der Waals surface area contributed by atoms with Crippen LogP contribution in [-0.2, 0) is 19.1 Å². The predicted octanol–water partition coefficient (Wildman–Crippen LogP) is 20.9. The highest BCUT2D eigenvalue weighted by atomic mass is 16.6. The highest BCUT2D eigenvalue weighted by Gasteiger charge is 2.16. The van der Waals surface area contributed by atoms with Crippen LogP contribution in [0.15, 0.2) is 85.1 Å². The fourth-order valence-corrected chi connectivity index (χ4v) is 8.89. The Morgan fingerprint density at radius 1 is 0.338 bits per heavy atom. The van der Waals surface area contributed by atoms with Crippen molar-refractivity contribution >= 4 is 11.9 Å². The normalized spacial score (nSPS) is 12.8. The lowest BCUT2D eigenvalue weighted by molar-refractivity contribution is -0.161. The molecule has 0 aromatic rings. The first-order valence-corrected chi connectivity index (χ1v) is 30.6. The van der Waals surface area contributed by atoms with Crippen LogP contribution in [-0.4, -0.2) is 36.4 Å². The Bertz CT molecular complexity index is 1300. The Balaban J connectivity index is 3.49. The fourth-order valence-electron chi connectivity index (χ4n) is 8.89. The molecule has 0 saturated carbocycles. The number of ether oxygens (including phenoxy) is 2. The number of hydrogen-bond acceptors (Lipinski definition) is 5. The van der Waals surface area contributed by atoms with E-state index in [1.54, 1.807) is 0 Å². The summed E-state index contributed by atoms with van der Waals surface area (Å²) in [6.45, 7) is 4.06. The van der Waals surface area contributed by atoms with E-state index in [4.69, 9.17) is 9.47 Å². The van der Waals surface area contributed by atoms with Gasteiger partial charge in [-0.15, -0.1) is 0 Å². The van der Waals surface area contributed by atoms with Gasteiger partial charge in [0.05, 0.1) is 6.61 Å². The highest BCUT2D eigenvalue weighted by molar-refractivity contribution is 5.70. The number of unbranched alkanes of at least 4 members (excludes halogenated alkanes) is 34. The lowest BCUT2D eigenvalue weighted by Crippen LogP contribution is -2.28. The maximum atomic E-state index is 12.3. The molecular weight excluding hydrogens is 873 g/mol. The Labute approximate surface area is 441 Å². The molecule has 1 atom stereocenters. The maximum Gasteiger partial charge on any atom is 0.306 e. The Morgan fingerprint density at radius 3 is 0.915 bits per heavy atom. The average molecular weight is 990 g/mol. The molecular formula is C66H116O5. The lowest BCUT2D eigenvalue weighted by atomic mass is 10.0. The quantitative estimate of drug-likeness (QED) is 0.0373. The minimum Gasteiger partial charge on any atom is -0.462 e. The van der Waals surface area contributed by atoms with E-state index >= 15 is 0 Å². The van der Waals surface area contributed by atoms with Gasteiger partial charge in [-0.1, -0.05) is 304 Å². The van der Waals surface area contributed by atoms with Gasteiger partial charge in [0.1, 0.15) is 6.61 Å². The molecule has 0 rings (SSSR count). The first-order chi connectivity index (χ1) is 35.1. The molecule has 0 aliphatic heterocycles. The van der Waals surface area contributed by atoms with E-state index in [9.17, 15) is 14.7 Å². The summed E-state index contributed by atoms with van der Waals surface area (Å²) in [5.41, 5.74) is 0. The topological polar surface area (TPSA) is 72.8 Å². The number of hydrogen-bond donors (Lipinski definition) is 1. The molecule has 0 heterocycles. The third-order valence-corrected chi connectivity index (χ3v) is 13.5. The number of aliphatic hydroxyl groups is 1. The second-order valence-corrected chi connectivity index (χ2v) is 20.4. The van der Waals surface area contributed by atoms with Crippen molar-refractivity contribution in [2.24, 2.45) is 0 Å². The molecule has 410 valence electrons. The van der Waals surface area contributed by atoms with Crippen molar-refractivity contribution < 1.29 is 24.2 Å². The van der Waals surface area contributed by atoms with Crippen LogP contribution in [0.4, 0.5) is 0 Å². The Morgan fingerprint density at radius 2 is 0.606 bits per heavy atom. The van der Waals surface area contributed by atoms with Gasteiger partial charge < -0.3 is 14.6 Å². The predicted molar refractivity (Wildman–Crippen MR) is 311 cm³/mol. The van der Waals surface area contributed by atoms with E-state index in [0.29, 0.717) is 12.8 Å². The zero-order valence-electron chi connectivity index (χ0n) is 47.0. The number of esters is 2. The molecule has 0 radical (unpaired) electrons. The van der Waals surface area contributed by atoms with E-state index in [0.717, 1.165) is 83.5 Å². The molecule has 0 saturated heterocycles. The van der Waals surface area contributed by atoms with E-state index in [2.05, 4.69) is 98.9 Å². The number of carbonyl (C=O) groups is 2. The summed E-state index contributed by atoms with van der Waals surface area (Å²) in [7, 11) is 0. The van der Waals surface area contributed by atoms with Crippen LogP contribution in [0, 0.1) is 0 Å². The summed E-state index contributed by atoms with van der Waals surface area (Å²) < 4.78 is 10.7. The van der Waals surface area contributed by atoms with Crippen LogP contribution in [0.1, 0.15) is 303 Å². The SMILES string of the molecule is CC/C=C\C/C=C\C/C=C\C/C=C\C/C=C\C/C=C\C/C=C\CCCCCCCCCCCCCC(=O)OC(CO)COC(=O)CCCCCCCCCCCCCCCCCCCCCCCCCC. The monoisotopic (exact) mass is 989 g/mol. The standard InChI is InChI=1S/C66H116O5/c1-3-5-7-9-11-13-15-17-19-21-23-25-27-29-30-31-32-33-34-35-36-37-39-41-43-45-47-49-51-53-55-57-59-61-66(69)71-64(62-67)63-70-65(68)60-58-56-54-52-50-48-46-44-42-40-38-28-26-24-22-20-18-16-14-12-10-8-6-4-2/h5,7,11,13,17,19,23,25,29-30,32-33,35-36,64,67H,3-4,6,8-10,12,14-16,18,20-22,24,26-28,31,34,37-63H2,1-2H3/b7-5-,13-11-,19-17-,25-23-,30-29-,33-32-,36-35-. The molecule has 0 aromatic heterocycles. The van der Waals surface area contributed by atoms with Crippen LogP contribution < -0.4 is 0 Å². The van der Waals surface area contributed by atoms with Crippen molar-refractivity contribution in [3.63, 3.8) is 0 Å². The fraction of sp³-hybridized carbons (Fsp3) is 0.758. The number of carbonyl (C=O) groups excluding carboxylic acids is 2. The zero-order valence-corrected chi connectivity index (χ0v) is 47.0. The minimum atomic E-state index is -0.777. The van der Waals surface area contributed by atoms with E-state index in [-0.39, 0.29) is 25.2 Å². The molecule has 5 nitrogen and oxygen atoms in total. The van der Waals surface area contributed by atoms with Gasteiger partial charge in [0.15, 0.2) is 6.10 Å². The first-order valence-electron chi connectivity index (χ1n) is 30.6. The van der Waals surface area contributed by atoms with Crippen LogP contribution in [0.25, 0.3) is 0 Å². The van der Waals surface area contributed by atoms with Crippen molar-refractivity contribution in [1.29, 1.82) is 0 Å². The second kappa shape index (κ2) is 61.4. The smallest absolute Gasteiger partial charge is 0.306 e. The van der Waals surface area contributed by atoms with Crippen molar-refractivity contribution in [2.75, 3.05) is 13.2 Å². The van der Waals surface area contributed by atoms with E-state index in [1.807, 2.05) is 0 Å². The summed E-state index contributed by atoms with van der Waals surface area (Å²) in [5.74, 6) is -0.583. The molecule has 1 N–H and O–H groups in total. The largest absolute Gasteiger partial charge is 0.462 e. The summed E-state index contributed by atoms with van der Waals surface area (Å²) in [5, 5.41) is 9.67. The molecule has 0 amide bonds. The molecule has 0 bridgehead atoms. The average Bonchev–Trinajstić information content (AvgIpc) is 3.37. The third-order valence-electron chi connectivity index (χ3n) is 13.5. The van der Waals surface area contributed by atoms with Crippen LogP contribution in [0.2, 0.25) is 0 Å². The van der Waals surface area contributed by atoms with Crippen LogP contribution in [0.3, 0.4) is 0 Å². The summed E-state index contributed by atoms with van der Waals surface area (Å²) in [6, 6.07) is 0. The van der Waals surface area contributed by atoms with Gasteiger partial charge in [-0.3, -0.25) is 9.59 Å². The number of rotatable bonds is 56. The third kappa shape index (κ3) is 59.5. The van der Waals surface area contributed by atoms with E-state index in [1.165, 1.54) is 193 Å². The van der Waals surface area contributed by atoms with Gasteiger partial charge in [0.25, 0.3) is 0 Å². The van der Waals surface area contributed by atoms with Crippen molar-refractivity contribution in [1.82, 2.24) is 0 Å². The van der Waals surface area contributed by atoms with Gasteiger partial charge in [0, 0.05) is 12.8 Å². The summed E-state index contributed by atoms with van der Waals surface area (Å²) in [4.78, 5) is 24.6. The van der Waals surface area contributed by atoms with Gasteiger partial charge in [-0.05, 0) is 70.6 Å². The molecule has 0 aromatic carbocycles. The van der Waals surface area contributed by atoms with E-state index < -0.39 is 6.10 Å². The molecule has 1 unspecified atom stereocenters. The van der Waals surface area contributed by atoms with Gasteiger partial charge >= 0.3 is 11.9 Å². The van der Waals surface area contributed by atoms with Crippen LogP contribution in [0.5, 0.6) is 0 Å². The van der Waals surface area contributed by atoms with Gasteiger partial charge in [-0.2, -0.15) is 0 Å². The molecule has 0 aliphatic rings. The first kappa shape index (κ1) is 68.1. The zero-order chi connectivity index (χ0) is 51.3. The lowest BCUT2D eigenvalue weighted by Gasteiger charge is -2.15. The number of allylic oxidation sites excluding steroid dienone is 14. The Hall–Kier alpha value is -2.92. The molecule has 0 spiro atoms. The molecule has 5 heteroatoms. The second-order valence-electron chi connectivity index (χ2n) is 20.4. The van der Waals surface area contributed by atoms with Crippen LogP contribution >= 0.6 is 0 Å². The molecule has 0 aliphatic carbocycles. The minimum absolute atomic E-state index is 0.0662. The van der Waals surface area contributed by atoms with Gasteiger partial charge in [-0.25, -0.2) is 0 Å². The van der Waals surface area contributed by atoms with Crippen molar-refractivity contribution in [3.05, 3.63) is 85.1 Å². The molecule has 0 fully saturated rings. The van der Waals surface area contributed by atoms with Crippen molar-refractivity contribution in [3.8, 4) is 0 Å². The van der Waals surface area contributed by atoms with Gasteiger partial charge in [0.2, 0.25) is 0 Å². The molecule has 71 heavy (non-hydrogen) atoms. The summed E-state index contributed by atoms with van der Waals surface area (Å²) in [6.07, 6.45) is 85.7. The maximum absolute atomic E-state index is 12.3. The number of aliphatic hydroxyl groups excluding tert-OH is 1. The highest BCUT2D eigenvalue weighted by Crippen LogP contribution is 2.17. The Kier molecular flexibility index (Phi) is 58.9. The summed E-state index contributed by atoms with van der Waals surface area (Å²) >= 11 is 0.